The Morgan fingerprint density at radius 1 is 1.16 bits per heavy atom. The van der Waals surface area contributed by atoms with E-state index in [1.807, 2.05) is 4.90 Å². The van der Waals surface area contributed by atoms with Crippen LogP contribution in [0.3, 0.4) is 0 Å². The van der Waals surface area contributed by atoms with Crippen LogP contribution >= 0.6 is 0 Å². The summed E-state index contributed by atoms with van der Waals surface area (Å²) in [6.07, 6.45) is 7.18. The summed E-state index contributed by atoms with van der Waals surface area (Å²) < 4.78 is 19.6. The van der Waals surface area contributed by atoms with Crippen molar-refractivity contribution < 1.29 is 14.1 Å². The van der Waals surface area contributed by atoms with E-state index in [0.29, 0.717) is 11.7 Å². The zero-order valence-corrected chi connectivity index (χ0v) is 14.7. The molecule has 0 aromatic heterocycles. The average Bonchev–Trinajstić information content (AvgIpc) is 2.91. The number of ether oxygens (including phenoxy) is 1. The number of nitro benzene ring substituents is 1. The van der Waals surface area contributed by atoms with Gasteiger partial charge in [-0.2, -0.15) is 0 Å². The monoisotopic (exact) mass is 351 g/mol. The summed E-state index contributed by atoms with van der Waals surface area (Å²) in [4.78, 5) is 15.0. The number of halogens is 1. The van der Waals surface area contributed by atoms with Gasteiger partial charge in [0.25, 0.3) is 0 Å². The van der Waals surface area contributed by atoms with Gasteiger partial charge < -0.3 is 9.64 Å². The molecule has 7 heteroatoms. The smallest absolute Gasteiger partial charge is 0.313 e. The Hall–Kier alpha value is -1.89. The van der Waals surface area contributed by atoms with Crippen LogP contribution in [0.25, 0.3) is 0 Å². The number of nitro groups is 1. The van der Waals surface area contributed by atoms with Gasteiger partial charge in [-0.15, -0.1) is 0 Å². The van der Waals surface area contributed by atoms with Gasteiger partial charge in [-0.05, 0) is 38.8 Å². The van der Waals surface area contributed by atoms with Gasteiger partial charge in [0.05, 0.1) is 23.8 Å². The van der Waals surface area contributed by atoms with Gasteiger partial charge in [0, 0.05) is 25.2 Å². The first-order chi connectivity index (χ1) is 12.1. The van der Waals surface area contributed by atoms with Crippen molar-refractivity contribution in [3.63, 3.8) is 0 Å². The standard InChI is InChI=1S/C18H26FN3O3/c1-25-18-12-16(15(19)11-17(18)22(23)24)21-10-6-7-14(13-21)20-8-4-2-3-5-9-20/h11-12,14H,2-10,13H2,1H3. The summed E-state index contributed by atoms with van der Waals surface area (Å²) in [5, 5.41) is 11.1. The number of methoxy groups -OCH3 is 1. The van der Waals surface area contributed by atoms with Gasteiger partial charge in [-0.3, -0.25) is 15.0 Å². The van der Waals surface area contributed by atoms with Crippen molar-refractivity contribution in [1.82, 2.24) is 4.90 Å². The Bertz CT molecular complexity index is 618. The van der Waals surface area contributed by atoms with Crippen molar-refractivity contribution in [1.29, 1.82) is 0 Å². The highest BCUT2D eigenvalue weighted by molar-refractivity contribution is 5.60. The molecule has 0 bridgehead atoms. The number of piperidine rings is 1. The molecule has 2 heterocycles. The fourth-order valence-corrected chi connectivity index (χ4v) is 4.01. The lowest BCUT2D eigenvalue weighted by Crippen LogP contribution is -2.48. The molecule has 1 atom stereocenters. The Morgan fingerprint density at radius 2 is 1.88 bits per heavy atom. The number of hydrogen-bond donors (Lipinski definition) is 0. The first-order valence-corrected chi connectivity index (χ1v) is 9.11. The molecule has 1 unspecified atom stereocenters. The van der Waals surface area contributed by atoms with Crippen LogP contribution in [0.2, 0.25) is 0 Å². The van der Waals surface area contributed by atoms with Gasteiger partial charge >= 0.3 is 5.69 Å². The van der Waals surface area contributed by atoms with E-state index in [2.05, 4.69) is 4.90 Å². The van der Waals surface area contributed by atoms with E-state index < -0.39 is 10.7 Å². The molecule has 0 spiro atoms. The second-order valence-electron chi connectivity index (χ2n) is 6.92. The summed E-state index contributed by atoms with van der Waals surface area (Å²) in [5.41, 5.74) is 0.0757. The normalized spacial score (nSPS) is 22.5. The van der Waals surface area contributed by atoms with Crippen LogP contribution in [0.15, 0.2) is 12.1 Å². The molecule has 0 N–H and O–H groups in total. The van der Waals surface area contributed by atoms with Gasteiger partial charge in [0.2, 0.25) is 0 Å². The number of nitrogens with zero attached hydrogens (tertiary/aromatic N) is 3. The maximum Gasteiger partial charge on any atom is 0.313 e. The topological polar surface area (TPSA) is 58.8 Å². The predicted molar refractivity (Wildman–Crippen MR) is 94.9 cm³/mol. The third-order valence-electron chi connectivity index (χ3n) is 5.34. The Labute approximate surface area is 147 Å². The third kappa shape index (κ3) is 4.03. The van der Waals surface area contributed by atoms with Crippen LogP contribution in [-0.2, 0) is 0 Å². The fourth-order valence-electron chi connectivity index (χ4n) is 4.01. The minimum Gasteiger partial charge on any atom is -0.490 e. The first kappa shape index (κ1) is 17.9. The van der Waals surface area contributed by atoms with E-state index in [9.17, 15) is 14.5 Å². The SMILES string of the molecule is COc1cc(N2CCCC(N3CCCCCC3)C2)c(F)cc1[N+](=O)[O-]. The quantitative estimate of drug-likeness (QED) is 0.613. The maximum absolute atomic E-state index is 14.5. The molecule has 6 nitrogen and oxygen atoms in total. The molecule has 0 amide bonds. The first-order valence-electron chi connectivity index (χ1n) is 9.11. The molecule has 2 aliphatic rings. The van der Waals surface area contributed by atoms with E-state index in [1.165, 1.54) is 38.9 Å². The fraction of sp³-hybridized carbons (Fsp3) is 0.667. The second-order valence-corrected chi connectivity index (χ2v) is 6.92. The molecule has 25 heavy (non-hydrogen) atoms. The molecular formula is C18H26FN3O3. The summed E-state index contributed by atoms with van der Waals surface area (Å²) in [7, 11) is 1.38. The molecule has 0 radical (unpaired) electrons. The molecule has 2 fully saturated rings. The highest BCUT2D eigenvalue weighted by Crippen LogP contribution is 2.35. The Balaban J connectivity index is 1.79. The van der Waals surface area contributed by atoms with Crippen molar-refractivity contribution in [3.05, 3.63) is 28.1 Å². The molecule has 0 saturated carbocycles. The van der Waals surface area contributed by atoms with Crippen LogP contribution in [0.1, 0.15) is 38.5 Å². The lowest BCUT2D eigenvalue weighted by molar-refractivity contribution is -0.385. The van der Waals surface area contributed by atoms with Crippen molar-refractivity contribution in [3.8, 4) is 5.75 Å². The number of anilines is 1. The molecule has 1 aromatic rings. The Kier molecular flexibility index (Phi) is 5.73. The highest BCUT2D eigenvalue weighted by Gasteiger charge is 2.29. The van der Waals surface area contributed by atoms with Crippen molar-refractivity contribution in [2.45, 2.75) is 44.6 Å². The molecule has 0 aliphatic carbocycles. The molecular weight excluding hydrogens is 325 g/mol. The number of rotatable bonds is 4. The molecule has 138 valence electrons. The lowest BCUT2D eigenvalue weighted by Gasteiger charge is -2.40. The molecule has 2 aliphatic heterocycles. The molecule has 1 aromatic carbocycles. The Morgan fingerprint density at radius 3 is 2.52 bits per heavy atom. The highest BCUT2D eigenvalue weighted by atomic mass is 19.1. The maximum atomic E-state index is 14.5. The largest absolute Gasteiger partial charge is 0.490 e. The van der Waals surface area contributed by atoms with E-state index in [1.54, 1.807) is 0 Å². The average molecular weight is 351 g/mol. The number of hydrogen-bond acceptors (Lipinski definition) is 5. The summed E-state index contributed by atoms with van der Waals surface area (Å²) in [6, 6.07) is 2.87. The van der Waals surface area contributed by atoms with E-state index >= 15 is 0 Å². The van der Waals surface area contributed by atoms with Gasteiger partial charge in [-0.1, -0.05) is 12.8 Å². The van der Waals surface area contributed by atoms with Crippen LogP contribution in [0.4, 0.5) is 15.8 Å². The minimum atomic E-state index is -0.609. The number of benzene rings is 1. The van der Waals surface area contributed by atoms with Gasteiger partial charge in [0.15, 0.2) is 11.6 Å². The van der Waals surface area contributed by atoms with Crippen molar-refractivity contribution in [2.24, 2.45) is 0 Å². The summed E-state index contributed by atoms with van der Waals surface area (Å²) in [6.45, 7) is 3.76. The zero-order valence-electron chi connectivity index (χ0n) is 14.7. The molecule has 2 saturated heterocycles. The lowest BCUT2D eigenvalue weighted by atomic mass is 10.0. The van der Waals surface area contributed by atoms with E-state index in [4.69, 9.17) is 4.74 Å². The minimum absolute atomic E-state index is 0.110. The molecule has 3 rings (SSSR count). The van der Waals surface area contributed by atoms with Crippen LogP contribution < -0.4 is 9.64 Å². The second kappa shape index (κ2) is 7.99. The van der Waals surface area contributed by atoms with E-state index in [0.717, 1.165) is 45.1 Å². The predicted octanol–water partition coefficient (Wildman–Crippen LogP) is 3.59. The van der Waals surface area contributed by atoms with E-state index in [-0.39, 0.29) is 11.4 Å². The van der Waals surface area contributed by atoms with Gasteiger partial charge in [-0.25, -0.2) is 4.39 Å². The summed E-state index contributed by atoms with van der Waals surface area (Å²) in [5.74, 6) is -0.442. The van der Waals surface area contributed by atoms with Crippen LogP contribution in [0, 0.1) is 15.9 Å². The third-order valence-corrected chi connectivity index (χ3v) is 5.34. The van der Waals surface area contributed by atoms with Crippen LogP contribution in [0.5, 0.6) is 5.75 Å². The summed E-state index contributed by atoms with van der Waals surface area (Å²) >= 11 is 0. The van der Waals surface area contributed by atoms with Gasteiger partial charge in [0.1, 0.15) is 0 Å². The van der Waals surface area contributed by atoms with Crippen LogP contribution in [-0.4, -0.2) is 49.2 Å². The van der Waals surface area contributed by atoms with Crippen molar-refractivity contribution >= 4 is 11.4 Å². The zero-order chi connectivity index (χ0) is 17.8. The van der Waals surface area contributed by atoms with Crippen molar-refractivity contribution in [2.75, 3.05) is 38.2 Å². The number of likely N-dealkylation sites (tertiary alicyclic amines) is 1.